The quantitative estimate of drug-likeness (QED) is 0.486. The number of nitrogens with zero attached hydrogens (tertiary/aromatic N) is 4. The normalized spacial score (nSPS) is 18.4. The van der Waals surface area contributed by atoms with E-state index in [9.17, 15) is 4.79 Å². The summed E-state index contributed by atoms with van der Waals surface area (Å²) in [6.07, 6.45) is 4.48. The molecule has 5 rings (SSSR count). The standard InChI is InChI=1S/C25H28N4O3/c1-25(2)15-32-10-9-22(25)29-23-19-11-16(17-5-7-18(14-31-4)26-12-17)6-8-20(19)27-13-21(23)28(3)24(29)30/h5-8,11-13,22H,9-10,14-15H2,1-4H3. The molecule has 1 aliphatic heterocycles. The number of aryl methyl sites for hydroxylation is 1. The summed E-state index contributed by atoms with van der Waals surface area (Å²) < 4.78 is 14.6. The highest BCUT2D eigenvalue weighted by molar-refractivity contribution is 6.04. The molecule has 0 saturated carbocycles. The third kappa shape index (κ3) is 3.32. The highest BCUT2D eigenvalue weighted by atomic mass is 16.5. The summed E-state index contributed by atoms with van der Waals surface area (Å²) in [5.41, 5.74) is 5.44. The van der Waals surface area contributed by atoms with Crippen LogP contribution in [0.25, 0.3) is 33.1 Å². The lowest BCUT2D eigenvalue weighted by Crippen LogP contribution is -2.41. The molecule has 32 heavy (non-hydrogen) atoms. The van der Waals surface area contributed by atoms with Crippen LogP contribution in [-0.4, -0.2) is 39.4 Å². The van der Waals surface area contributed by atoms with E-state index in [0.717, 1.165) is 45.2 Å². The minimum atomic E-state index is -0.148. The zero-order valence-corrected chi connectivity index (χ0v) is 19.0. The molecular formula is C25H28N4O3. The molecule has 1 aromatic carbocycles. The maximum absolute atomic E-state index is 13.4. The molecule has 166 valence electrons. The Balaban J connectivity index is 1.74. The van der Waals surface area contributed by atoms with Crippen LogP contribution in [-0.2, 0) is 23.1 Å². The van der Waals surface area contributed by atoms with Gasteiger partial charge in [0.15, 0.2) is 0 Å². The summed E-state index contributed by atoms with van der Waals surface area (Å²) in [6.45, 7) is 6.12. The highest BCUT2D eigenvalue weighted by Gasteiger charge is 2.37. The predicted octanol–water partition coefficient (Wildman–Crippen LogP) is 4.08. The van der Waals surface area contributed by atoms with Crippen molar-refractivity contribution in [1.82, 2.24) is 19.1 Å². The van der Waals surface area contributed by atoms with Crippen LogP contribution in [0.1, 0.15) is 32.0 Å². The zero-order valence-electron chi connectivity index (χ0n) is 19.0. The number of rotatable bonds is 4. The molecule has 0 N–H and O–H groups in total. The molecule has 1 fully saturated rings. The molecule has 3 aromatic heterocycles. The van der Waals surface area contributed by atoms with E-state index in [2.05, 4.69) is 42.0 Å². The predicted molar refractivity (Wildman–Crippen MR) is 125 cm³/mol. The molecule has 0 spiro atoms. The van der Waals surface area contributed by atoms with Gasteiger partial charge in [0, 0.05) is 49.4 Å². The Morgan fingerprint density at radius 3 is 2.69 bits per heavy atom. The molecule has 0 bridgehead atoms. The fourth-order valence-electron chi connectivity index (χ4n) is 4.82. The smallest absolute Gasteiger partial charge is 0.329 e. The van der Waals surface area contributed by atoms with Gasteiger partial charge in [0.25, 0.3) is 0 Å². The van der Waals surface area contributed by atoms with E-state index in [1.807, 2.05) is 36.1 Å². The summed E-state index contributed by atoms with van der Waals surface area (Å²) in [7, 11) is 3.49. The lowest BCUT2D eigenvalue weighted by molar-refractivity contribution is -0.0253. The van der Waals surface area contributed by atoms with E-state index in [4.69, 9.17) is 9.47 Å². The number of benzene rings is 1. The van der Waals surface area contributed by atoms with Gasteiger partial charge in [-0.05, 0) is 30.2 Å². The monoisotopic (exact) mass is 432 g/mol. The van der Waals surface area contributed by atoms with Crippen LogP contribution in [0, 0.1) is 5.41 Å². The third-order valence-electron chi connectivity index (χ3n) is 6.59. The van der Waals surface area contributed by atoms with Crippen LogP contribution >= 0.6 is 0 Å². The van der Waals surface area contributed by atoms with Crippen molar-refractivity contribution in [3.63, 3.8) is 0 Å². The molecule has 1 aliphatic rings. The van der Waals surface area contributed by atoms with Crippen LogP contribution in [0.5, 0.6) is 0 Å². The van der Waals surface area contributed by atoms with Crippen molar-refractivity contribution in [1.29, 1.82) is 0 Å². The van der Waals surface area contributed by atoms with Gasteiger partial charge in [-0.2, -0.15) is 0 Å². The van der Waals surface area contributed by atoms with Gasteiger partial charge in [-0.25, -0.2) is 4.79 Å². The number of hydrogen-bond donors (Lipinski definition) is 0. The van der Waals surface area contributed by atoms with E-state index < -0.39 is 0 Å². The van der Waals surface area contributed by atoms with Gasteiger partial charge in [-0.1, -0.05) is 26.0 Å². The Bertz CT molecular complexity index is 1350. The minimum Gasteiger partial charge on any atom is -0.381 e. The van der Waals surface area contributed by atoms with Crippen molar-refractivity contribution in [2.45, 2.75) is 32.9 Å². The molecule has 0 radical (unpaired) electrons. The van der Waals surface area contributed by atoms with Gasteiger partial charge in [-0.3, -0.25) is 19.1 Å². The number of imidazole rings is 1. The van der Waals surface area contributed by atoms with Crippen molar-refractivity contribution in [2.75, 3.05) is 20.3 Å². The first kappa shape index (κ1) is 20.8. The van der Waals surface area contributed by atoms with Crippen LogP contribution in [0.15, 0.2) is 47.5 Å². The first-order valence-corrected chi connectivity index (χ1v) is 10.9. The van der Waals surface area contributed by atoms with Gasteiger partial charge >= 0.3 is 5.69 Å². The molecule has 0 amide bonds. The van der Waals surface area contributed by atoms with Gasteiger partial charge in [-0.15, -0.1) is 0 Å². The first-order chi connectivity index (χ1) is 15.4. The van der Waals surface area contributed by atoms with E-state index >= 15 is 0 Å². The lowest BCUT2D eigenvalue weighted by atomic mass is 9.81. The van der Waals surface area contributed by atoms with Crippen LogP contribution in [0.4, 0.5) is 0 Å². The largest absolute Gasteiger partial charge is 0.381 e. The molecule has 0 aliphatic carbocycles. The van der Waals surface area contributed by atoms with Crippen LogP contribution in [0.2, 0.25) is 0 Å². The maximum atomic E-state index is 13.4. The SMILES string of the molecule is COCc1ccc(-c2ccc3ncc4c(c3c2)n(C2CCOCC2(C)C)c(=O)n4C)cn1. The van der Waals surface area contributed by atoms with Crippen LogP contribution in [0.3, 0.4) is 0 Å². The molecule has 1 saturated heterocycles. The molecule has 1 atom stereocenters. The highest BCUT2D eigenvalue weighted by Crippen LogP contribution is 2.40. The second-order valence-electron chi connectivity index (χ2n) is 9.25. The van der Waals surface area contributed by atoms with Gasteiger partial charge in [0.05, 0.1) is 41.7 Å². The molecular weight excluding hydrogens is 404 g/mol. The number of ether oxygens (including phenoxy) is 2. The van der Waals surface area contributed by atoms with E-state index in [1.165, 1.54) is 0 Å². The Kier molecular flexibility index (Phi) is 5.10. The summed E-state index contributed by atoms with van der Waals surface area (Å²) >= 11 is 0. The molecule has 4 heterocycles. The second-order valence-corrected chi connectivity index (χ2v) is 9.25. The minimum absolute atomic E-state index is 0.00902. The van der Waals surface area contributed by atoms with Crippen LogP contribution < -0.4 is 5.69 Å². The molecule has 7 nitrogen and oxygen atoms in total. The van der Waals surface area contributed by atoms with Crippen molar-refractivity contribution < 1.29 is 9.47 Å². The van der Waals surface area contributed by atoms with E-state index in [1.54, 1.807) is 11.7 Å². The fourth-order valence-corrected chi connectivity index (χ4v) is 4.82. The van der Waals surface area contributed by atoms with Gasteiger partial charge < -0.3 is 9.47 Å². The first-order valence-electron chi connectivity index (χ1n) is 10.9. The number of hydrogen-bond acceptors (Lipinski definition) is 5. The molecule has 1 unspecified atom stereocenters. The fraction of sp³-hybridized carbons (Fsp3) is 0.400. The topological polar surface area (TPSA) is 71.2 Å². The Morgan fingerprint density at radius 1 is 1.16 bits per heavy atom. The number of pyridine rings is 2. The summed E-state index contributed by atoms with van der Waals surface area (Å²) in [4.78, 5) is 22.6. The summed E-state index contributed by atoms with van der Waals surface area (Å²) in [6, 6.07) is 10.3. The summed E-state index contributed by atoms with van der Waals surface area (Å²) in [5, 5.41) is 0.973. The average Bonchev–Trinajstić information content (AvgIpc) is 3.04. The number of methoxy groups -OCH3 is 1. The van der Waals surface area contributed by atoms with Gasteiger partial charge in [0.2, 0.25) is 0 Å². The second kappa shape index (κ2) is 7.83. The number of fused-ring (bicyclic) bond motifs is 3. The van der Waals surface area contributed by atoms with E-state index in [0.29, 0.717) is 19.8 Å². The van der Waals surface area contributed by atoms with Crippen molar-refractivity contribution in [2.24, 2.45) is 12.5 Å². The van der Waals surface area contributed by atoms with E-state index in [-0.39, 0.29) is 17.1 Å². The van der Waals surface area contributed by atoms with Gasteiger partial charge in [0.1, 0.15) is 0 Å². The Labute approximate surface area is 186 Å². The number of aromatic nitrogens is 4. The van der Waals surface area contributed by atoms with Crippen molar-refractivity contribution in [3.05, 3.63) is 58.9 Å². The average molecular weight is 433 g/mol. The molecule has 4 aromatic rings. The third-order valence-corrected chi connectivity index (χ3v) is 6.59. The van der Waals surface area contributed by atoms with Crippen molar-refractivity contribution >= 4 is 21.9 Å². The maximum Gasteiger partial charge on any atom is 0.329 e. The lowest BCUT2D eigenvalue weighted by Gasteiger charge is -2.39. The Morgan fingerprint density at radius 2 is 1.97 bits per heavy atom. The van der Waals surface area contributed by atoms with Crippen molar-refractivity contribution in [3.8, 4) is 11.1 Å². The Hall–Kier alpha value is -3.03. The zero-order chi connectivity index (χ0) is 22.5. The summed E-state index contributed by atoms with van der Waals surface area (Å²) in [5.74, 6) is 0. The molecule has 7 heteroatoms.